The molecule has 4 N–H and O–H groups in total. The lowest BCUT2D eigenvalue weighted by atomic mass is 9.44. The summed E-state index contributed by atoms with van der Waals surface area (Å²) in [5.41, 5.74) is 1.49. The van der Waals surface area contributed by atoms with E-state index in [4.69, 9.17) is 23.9 Å². The third-order valence-electron chi connectivity index (χ3n) is 13.1. The van der Waals surface area contributed by atoms with Crippen LogP contribution in [-0.4, -0.2) is 72.5 Å². The second-order valence-electron chi connectivity index (χ2n) is 15.5. The van der Waals surface area contributed by atoms with Gasteiger partial charge in [-0.15, -0.1) is 6.58 Å². The fourth-order valence-corrected chi connectivity index (χ4v) is 9.82. The van der Waals surface area contributed by atoms with Gasteiger partial charge in [-0.3, -0.25) is 14.9 Å². The quantitative estimate of drug-likeness (QED) is 0.264. The standard InChI is InChI=1S/C30H40BNO7.C8H7BO4/c1-7-28(4)15-23(39-27(35)32-26(34)19-8-9-20-16-38-31(36)21(20)14-19)29(5)17(2)10-12-30(18(3)25(28)33)13-11-22(37-6)24(29)30;10-8(11)5-1-2-6-4-13-9(12)7(6)3-5/h7-9,14,17-18,22-24,36H,1,10-13,15-16H2,2-6H3,(H,32,34,35);1-3,12H,4H2,(H,10,11)/t17-,18+,22-,23-,24-,28-,29+,30+;/m1./s1. The zero-order valence-corrected chi connectivity index (χ0v) is 30.3. The molecule has 0 aromatic heterocycles. The molecule has 2 aliphatic heterocycles. The number of carbonyl (C=O) groups excluding carboxylic acids is 3. The molecule has 0 spiro atoms. The summed E-state index contributed by atoms with van der Waals surface area (Å²) in [7, 11) is -0.347. The maximum absolute atomic E-state index is 14.0. The lowest BCUT2D eigenvalue weighted by molar-refractivity contribution is -0.188. The van der Waals surface area contributed by atoms with Gasteiger partial charge >= 0.3 is 26.3 Å². The number of benzene rings is 2. The molecule has 2 heterocycles. The minimum atomic E-state index is -1.10. The molecule has 52 heavy (non-hydrogen) atoms. The van der Waals surface area contributed by atoms with Crippen LogP contribution in [0.1, 0.15) is 91.6 Å². The van der Waals surface area contributed by atoms with Gasteiger partial charge in [0.2, 0.25) is 0 Å². The Morgan fingerprint density at radius 3 is 2.12 bits per heavy atom. The number of carboxylic acid groups (broad SMARTS) is 1. The van der Waals surface area contributed by atoms with Crippen LogP contribution in [0.4, 0.5) is 4.79 Å². The Morgan fingerprint density at radius 1 is 0.962 bits per heavy atom. The number of allylic oxidation sites excluding steroid dienone is 1. The van der Waals surface area contributed by atoms with Crippen LogP contribution >= 0.6 is 0 Å². The molecule has 0 saturated heterocycles. The maximum Gasteiger partial charge on any atom is 0.491 e. The predicted octanol–water partition coefficient (Wildman–Crippen LogP) is 3.39. The molecule has 2 aromatic carbocycles. The van der Waals surface area contributed by atoms with Crippen molar-refractivity contribution in [3.63, 3.8) is 0 Å². The van der Waals surface area contributed by atoms with Gasteiger partial charge in [0.25, 0.3) is 5.91 Å². The first-order valence-corrected chi connectivity index (χ1v) is 17.9. The number of ether oxygens (including phenoxy) is 2. The molecule has 3 aliphatic carbocycles. The number of nitrogens with one attached hydrogen (secondary N) is 1. The summed E-state index contributed by atoms with van der Waals surface area (Å²) >= 11 is 0. The van der Waals surface area contributed by atoms with E-state index in [1.165, 1.54) is 18.2 Å². The van der Waals surface area contributed by atoms with Crippen molar-refractivity contribution in [1.29, 1.82) is 0 Å². The average molecular weight is 715 g/mol. The van der Waals surface area contributed by atoms with Crippen molar-refractivity contribution >= 4 is 48.9 Å². The monoisotopic (exact) mass is 715 g/mol. The number of imide groups is 1. The van der Waals surface area contributed by atoms with Gasteiger partial charge in [0.1, 0.15) is 11.9 Å². The van der Waals surface area contributed by atoms with Crippen molar-refractivity contribution in [2.75, 3.05) is 7.11 Å². The van der Waals surface area contributed by atoms with Gasteiger partial charge in [-0.05, 0) is 90.3 Å². The van der Waals surface area contributed by atoms with E-state index < -0.39 is 49.1 Å². The molecule has 3 saturated carbocycles. The van der Waals surface area contributed by atoms with E-state index in [0.717, 1.165) is 36.8 Å². The molecule has 3 fully saturated rings. The van der Waals surface area contributed by atoms with Gasteiger partial charge in [0, 0.05) is 41.8 Å². The average Bonchev–Trinajstić information content (AvgIpc) is 3.83. The van der Waals surface area contributed by atoms with E-state index in [-0.39, 0.29) is 59.2 Å². The summed E-state index contributed by atoms with van der Waals surface area (Å²) in [6.45, 7) is 13.0. The van der Waals surface area contributed by atoms with E-state index in [1.54, 1.807) is 31.4 Å². The molecule has 0 radical (unpaired) electrons. The topological polar surface area (TPSA) is 178 Å². The van der Waals surface area contributed by atoms with E-state index in [9.17, 15) is 29.2 Å². The van der Waals surface area contributed by atoms with Gasteiger partial charge in [0.15, 0.2) is 0 Å². The van der Waals surface area contributed by atoms with Crippen molar-refractivity contribution in [2.45, 2.75) is 85.2 Å². The van der Waals surface area contributed by atoms with Crippen molar-refractivity contribution in [3.8, 4) is 0 Å². The Morgan fingerprint density at radius 2 is 1.54 bits per heavy atom. The van der Waals surface area contributed by atoms with Crippen molar-refractivity contribution in [3.05, 3.63) is 71.3 Å². The number of aromatic carboxylic acids is 1. The number of rotatable bonds is 5. The number of ketones is 1. The summed E-state index contributed by atoms with van der Waals surface area (Å²) in [6.07, 6.45) is 4.05. The van der Waals surface area contributed by atoms with Gasteiger partial charge in [0.05, 0.1) is 24.9 Å². The van der Waals surface area contributed by atoms with Gasteiger partial charge < -0.3 is 33.9 Å². The molecule has 276 valence electrons. The van der Waals surface area contributed by atoms with Crippen LogP contribution in [0.5, 0.6) is 0 Å². The first-order valence-electron chi connectivity index (χ1n) is 17.9. The van der Waals surface area contributed by atoms with Gasteiger partial charge in [-0.2, -0.15) is 0 Å². The largest absolute Gasteiger partial charge is 0.491 e. The molecular formula is C38H47B2NO11. The van der Waals surface area contributed by atoms with E-state index in [0.29, 0.717) is 17.5 Å². The SMILES string of the molecule is C=C[C@]1(C)C[C@@H](OC(=O)NC(=O)c2ccc3c(c2)B(O)OC3)[C@]2(C)[C@H](C)CC[C@]3(CC[C@@H](OC)[C@@H]32)[C@@H](C)C1=O.O=C(O)c1ccc2c(c1)B(O)OC2. The lowest BCUT2D eigenvalue weighted by Gasteiger charge is -2.61. The Kier molecular flexibility index (Phi) is 10.4. The van der Waals surface area contributed by atoms with Crippen molar-refractivity contribution in [1.82, 2.24) is 5.32 Å². The summed E-state index contributed by atoms with van der Waals surface area (Å²) in [5.74, 6) is -1.45. The molecule has 14 heteroatoms. The zero-order chi connectivity index (χ0) is 37.7. The summed E-state index contributed by atoms with van der Waals surface area (Å²) in [6, 6.07) is 9.43. The number of carbonyl (C=O) groups is 4. The minimum absolute atomic E-state index is 0.0266. The highest BCUT2D eigenvalue weighted by Crippen LogP contribution is 2.68. The Hall–Kier alpha value is -3.81. The van der Waals surface area contributed by atoms with E-state index >= 15 is 0 Å². The highest BCUT2D eigenvalue weighted by atomic mass is 16.6. The molecule has 2 aromatic rings. The zero-order valence-electron chi connectivity index (χ0n) is 30.3. The number of hydrogen-bond donors (Lipinski definition) is 4. The number of Topliss-reactive ketones (excluding diaryl/α,β-unsaturated/α-hetero) is 1. The molecule has 7 rings (SSSR count). The number of fused-ring (bicyclic) bond motifs is 2. The summed E-state index contributed by atoms with van der Waals surface area (Å²) in [5, 5.41) is 30.3. The van der Waals surface area contributed by atoms with E-state index in [2.05, 4.69) is 32.7 Å². The molecular weight excluding hydrogens is 668 g/mol. The van der Waals surface area contributed by atoms with Crippen molar-refractivity contribution in [2.24, 2.45) is 34.0 Å². The third kappa shape index (κ3) is 6.32. The normalized spacial score (nSPS) is 33.1. The Bertz CT molecular complexity index is 1790. The Labute approximate surface area is 304 Å². The van der Waals surface area contributed by atoms with Crippen LogP contribution in [0.15, 0.2) is 49.1 Å². The highest BCUT2D eigenvalue weighted by Gasteiger charge is 2.68. The predicted molar refractivity (Wildman–Crippen MR) is 192 cm³/mol. The number of hydrogen-bond acceptors (Lipinski definition) is 10. The number of alkyl carbamates (subject to hydrolysis) is 1. The highest BCUT2D eigenvalue weighted by molar-refractivity contribution is 6.62. The van der Waals surface area contributed by atoms with Crippen LogP contribution in [0, 0.1) is 34.0 Å². The molecule has 2 amide bonds. The second kappa shape index (κ2) is 14.2. The van der Waals surface area contributed by atoms with Crippen LogP contribution in [0.25, 0.3) is 0 Å². The number of carboxylic acids is 1. The number of methoxy groups -OCH3 is 1. The summed E-state index contributed by atoms with van der Waals surface area (Å²) < 4.78 is 22.3. The lowest BCUT2D eigenvalue weighted by Crippen LogP contribution is -2.63. The minimum Gasteiger partial charge on any atom is -0.478 e. The fraction of sp³-hybridized carbons (Fsp3) is 0.526. The van der Waals surface area contributed by atoms with Crippen LogP contribution in [0.3, 0.4) is 0 Å². The summed E-state index contributed by atoms with van der Waals surface area (Å²) in [4.78, 5) is 51.0. The first kappa shape index (κ1) is 37.9. The fourth-order valence-electron chi connectivity index (χ4n) is 9.82. The van der Waals surface area contributed by atoms with Crippen LogP contribution in [0.2, 0.25) is 0 Å². The maximum atomic E-state index is 14.0. The van der Waals surface area contributed by atoms with Crippen LogP contribution < -0.4 is 16.2 Å². The Balaban J connectivity index is 0.000000299. The molecule has 12 nitrogen and oxygen atoms in total. The van der Waals surface area contributed by atoms with E-state index in [1.807, 2.05) is 6.92 Å². The molecule has 5 aliphatic rings. The number of amides is 2. The molecule has 0 unspecified atom stereocenters. The smallest absolute Gasteiger partial charge is 0.478 e. The first-order chi connectivity index (χ1) is 24.6. The second-order valence-corrected chi connectivity index (χ2v) is 15.5. The molecule has 8 atom stereocenters. The van der Waals surface area contributed by atoms with Crippen LogP contribution in [-0.2, 0) is 36.8 Å². The van der Waals surface area contributed by atoms with Crippen molar-refractivity contribution < 1.29 is 53.1 Å². The van der Waals surface area contributed by atoms with Gasteiger partial charge in [-0.25, -0.2) is 9.59 Å². The third-order valence-corrected chi connectivity index (χ3v) is 13.1. The molecule has 2 bridgehead atoms. The van der Waals surface area contributed by atoms with Gasteiger partial charge in [-0.1, -0.05) is 39.0 Å².